The fourth-order valence-corrected chi connectivity index (χ4v) is 2.86. The third-order valence-electron chi connectivity index (χ3n) is 3.87. The molecule has 0 aliphatic carbocycles. The van der Waals surface area contributed by atoms with E-state index in [9.17, 15) is 4.79 Å². The average molecular weight is 275 g/mol. The SMILES string of the molecule is O=C1CC(c2cccnc2)Oc2ccc3ccccc3c21. The highest BCUT2D eigenvalue weighted by atomic mass is 16.5. The van der Waals surface area contributed by atoms with Gasteiger partial charge in [-0.2, -0.15) is 0 Å². The van der Waals surface area contributed by atoms with E-state index in [4.69, 9.17) is 4.74 Å². The number of carbonyl (C=O) groups excluding carboxylic acids is 1. The normalized spacial score (nSPS) is 17.3. The van der Waals surface area contributed by atoms with Crippen molar-refractivity contribution >= 4 is 16.6 Å². The van der Waals surface area contributed by atoms with Gasteiger partial charge >= 0.3 is 0 Å². The third kappa shape index (κ3) is 1.98. The number of ketones is 1. The van der Waals surface area contributed by atoms with Crippen LogP contribution in [-0.4, -0.2) is 10.8 Å². The molecule has 0 radical (unpaired) electrons. The number of fused-ring (bicyclic) bond motifs is 3. The maximum absolute atomic E-state index is 12.6. The van der Waals surface area contributed by atoms with E-state index in [2.05, 4.69) is 4.98 Å². The first-order chi connectivity index (χ1) is 10.3. The van der Waals surface area contributed by atoms with Crippen molar-refractivity contribution in [1.82, 2.24) is 4.98 Å². The summed E-state index contributed by atoms with van der Waals surface area (Å²) < 4.78 is 6.04. The molecule has 3 nitrogen and oxygen atoms in total. The Labute approximate surface area is 122 Å². The Balaban J connectivity index is 1.83. The molecule has 1 unspecified atom stereocenters. The Morgan fingerprint density at radius 1 is 1.05 bits per heavy atom. The van der Waals surface area contributed by atoms with Gasteiger partial charge in [0.2, 0.25) is 0 Å². The first-order valence-electron chi connectivity index (χ1n) is 6.94. The summed E-state index contributed by atoms with van der Waals surface area (Å²) in [5, 5.41) is 2.03. The van der Waals surface area contributed by atoms with Gasteiger partial charge in [-0.3, -0.25) is 9.78 Å². The van der Waals surface area contributed by atoms with Crippen LogP contribution in [0.25, 0.3) is 10.8 Å². The largest absolute Gasteiger partial charge is 0.484 e. The lowest BCUT2D eigenvalue weighted by atomic mass is 9.93. The van der Waals surface area contributed by atoms with Crippen LogP contribution in [0.5, 0.6) is 5.75 Å². The van der Waals surface area contributed by atoms with Crippen LogP contribution in [0.1, 0.15) is 28.4 Å². The number of carbonyl (C=O) groups is 1. The molecular formula is C18H13NO2. The van der Waals surface area contributed by atoms with Crippen LogP contribution in [0.3, 0.4) is 0 Å². The summed E-state index contributed by atoms with van der Waals surface area (Å²) in [7, 11) is 0. The fraction of sp³-hybridized carbons (Fsp3) is 0.111. The van der Waals surface area contributed by atoms with E-state index in [1.807, 2.05) is 48.5 Å². The molecular weight excluding hydrogens is 262 g/mol. The number of aromatic nitrogens is 1. The lowest BCUT2D eigenvalue weighted by Crippen LogP contribution is -2.20. The Kier molecular flexibility index (Phi) is 2.71. The highest BCUT2D eigenvalue weighted by Crippen LogP contribution is 2.38. The molecule has 102 valence electrons. The molecule has 3 aromatic rings. The van der Waals surface area contributed by atoms with E-state index < -0.39 is 0 Å². The summed E-state index contributed by atoms with van der Waals surface area (Å²) in [5.74, 6) is 0.792. The van der Waals surface area contributed by atoms with E-state index in [1.54, 1.807) is 12.4 Å². The Bertz CT molecular complexity index is 827. The minimum absolute atomic E-state index is 0.127. The Morgan fingerprint density at radius 3 is 2.81 bits per heavy atom. The summed E-state index contributed by atoms with van der Waals surface area (Å²) in [6.45, 7) is 0. The molecule has 1 aliphatic heterocycles. The second kappa shape index (κ2) is 4.70. The van der Waals surface area contributed by atoms with E-state index in [0.717, 1.165) is 16.3 Å². The van der Waals surface area contributed by atoms with Gasteiger partial charge in [0.15, 0.2) is 5.78 Å². The van der Waals surface area contributed by atoms with Crippen LogP contribution >= 0.6 is 0 Å². The quantitative estimate of drug-likeness (QED) is 0.675. The maximum Gasteiger partial charge on any atom is 0.171 e. The van der Waals surface area contributed by atoms with Crippen molar-refractivity contribution < 1.29 is 9.53 Å². The summed E-state index contributed by atoms with van der Waals surface area (Å²) >= 11 is 0. The predicted molar refractivity (Wildman–Crippen MR) is 80.5 cm³/mol. The molecule has 0 amide bonds. The molecule has 0 fully saturated rings. The average Bonchev–Trinajstić information content (AvgIpc) is 2.55. The lowest BCUT2D eigenvalue weighted by molar-refractivity contribution is 0.0853. The molecule has 0 saturated carbocycles. The minimum Gasteiger partial charge on any atom is -0.484 e. The van der Waals surface area contributed by atoms with Gasteiger partial charge in [-0.25, -0.2) is 0 Å². The van der Waals surface area contributed by atoms with Gasteiger partial charge < -0.3 is 4.74 Å². The highest BCUT2D eigenvalue weighted by Gasteiger charge is 2.29. The molecule has 0 saturated heterocycles. The molecule has 2 aromatic carbocycles. The molecule has 21 heavy (non-hydrogen) atoms. The molecule has 1 atom stereocenters. The van der Waals surface area contributed by atoms with Crippen LogP contribution < -0.4 is 4.74 Å². The van der Waals surface area contributed by atoms with Gasteiger partial charge in [0.25, 0.3) is 0 Å². The van der Waals surface area contributed by atoms with Gasteiger partial charge in [-0.1, -0.05) is 36.4 Å². The highest BCUT2D eigenvalue weighted by molar-refractivity contribution is 6.11. The summed E-state index contributed by atoms with van der Waals surface area (Å²) in [5.41, 5.74) is 1.64. The lowest BCUT2D eigenvalue weighted by Gasteiger charge is -2.26. The van der Waals surface area contributed by atoms with Crippen LogP contribution in [0.15, 0.2) is 60.9 Å². The van der Waals surface area contributed by atoms with Crippen molar-refractivity contribution in [2.75, 3.05) is 0 Å². The first-order valence-corrected chi connectivity index (χ1v) is 6.94. The minimum atomic E-state index is -0.250. The number of nitrogens with zero attached hydrogens (tertiary/aromatic N) is 1. The second-order valence-electron chi connectivity index (χ2n) is 5.18. The monoisotopic (exact) mass is 275 g/mol. The number of pyridine rings is 1. The third-order valence-corrected chi connectivity index (χ3v) is 3.87. The van der Waals surface area contributed by atoms with Crippen molar-refractivity contribution in [1.29, 1.82) is 0 Å². The Morgan fingerprint density at radius 2 is 1.95 bits per heavy atom. The van der Waals surface area contributed by atoms with Gasteiger partial charge in [0.05, 0.1) is 12.0 Å². The molecule has 0 N–H and O–H groups in total. The predicted octanol–water partition coefficient (Wildman–Crippen LogP) is 3.94. The van der Waals surface area contributed by atoms with E-state index in [0.29, 0.717) is 17.7 Å². The summed E-state index contributed by atoms with van der Waals surface area (Å²) in [6, 6.07) is 15.6. The topological polar surface area (TPSA) is 39.2 Å². The van der Waals surface area contributed by atoms with Crippen LogP contribution in [0.2, 0.25) is 0 Å². The maximum atomic E-state index is 12.6. The number of rotatable bonds is 1. The zero-order valence-corrected chi connectivity index (χ0v) is 11.3. The molecule has 2 heterocycles. The molecule has 1 aliphatic rings. The van der Waals surface area contributed by atoms with E-state index in [1.165, 1.54) is 0 Å². The Hall–Kier alpha value is -2.68. The van der Waals surface area contributed by atoms with Crippen LogP contribution in [0.4, 0.5) is 0 Å². The summed E-state index contributed by atoms with van der Waals surface area (Å²) in [6.07, 6.45) is 3.58. The van der Waals surface area contributed by atoms with Crippen molar-refractivity contribution in [3.8, 4) is 5.75 Å². The molecule has 0 bridgehead atoms. The smallest absolute Gasteiger partial charge is 0.171 e. The van der Waals surface area contributed by atoms with Gasteiger partial charge in [-0.05, 0) is 22.9 Å². The van der Waals surface area contributed by atoms with Crippen molar-refractivity contribution in [3.05, 3.63) is 72.1 Å². The second-order valence-corrected chi connectivity index (χ2v) is 5.18. The van der Waals surface area contributed by atoms with Crippen LogP contribution in [-0.2, 0) is 0 Å². The van der Waals surface area contributed by atoms with Gasteiger partial charge in [0.1, 0.15) is 11.9 Å². The molecule has 1 aromatic heterocycles. The molecule has 3 heteroatoms. The number of Topliss-reactive ketones (excluding diaryl/α,β-unsaturated/α-hetero) is 1. The zero-order chi connectivity index (χ0) is 14.2. The number of ether oxygens (including phenoxy) is 1. The van der Waals surface area contributed by atoms with E-state index >= 15 is 0 Å². The molecule has 4 rings (SSSR count). The molecule has 0 spiro atoms. The standard InChI is InChI=1S/C18H13NO2/c20-15-10-17(13-5-3-9-19-11-13)21-16-8-7-12-4-1-2-6-14(12)18(15)16/h1-9,11,17H,10H2. The van der Waals surface area contributed by atoms with Gasteiger partial charge in [0, 0.05) is 18.0 Å². The fourth-order valence-electron chi connectivity index (χ4n) is 2.86. The summed E-state index contributed by atoms with van der Waals surface area (Å²) in [4.78, 5) is 16.7. The van der Waals surface area contributed by atoms with Crippen molar-refractivity contribution in [2.45, 2.75) is 12.5 Å². The van der Waals surface area contributed by atoms with Crippen molar-refractivity contribution in [3.63, 3.8) is 0 Å². The zero-order valence-electron chi connectivity index (χ0n) is 11.3. The number of hydrogen-bond donors (Lipinski definition) is 0. The van der Waals surface area contributed by atoms with Crippen molar-refractivity contribution in [2.24, 2.45) is 0 Å². The number of hydrogen-bond acceptors (Lipinski definition) is 3. The van der Waals surface area contributed by atoms with E-state index in [-0.39, 0.29) is 11.9 Å². The van der Waals surface area contributed by atoms with Crippen LogP contribution in [0, 0.1) is 0 Å². The number of benzene rings is 2. The van der Waals surface area contributed by atoms with Gasteiger partial charge in [-0.15, -0.1) is 0 Å². The first kappa shape index (κ1) is 12.1.